The highest BCUT2D eigenvalue weighted by Crippen LogP contribution is 2.22. The van der Waals surface area contributed by atoms with Crippen LogP contribution in [0, 0.1) is 0 Å². The van der Waals surface area contributed by atoms with Gasteiger partial charge in [0.15, 0.2) is 5.96 Å². The highest BCUT2D eigenvalue weighted by molar-refractivity contribution is 7.16. The molecule has 6 heteroatoms. The molecule has 0 radical (unpaired) electrons. The Morgan fingerprint density at radius 1 is 1.45 bits per heavy atom. The van der Waals surface area contributed by atoms with E-state index in [1.165, 1.54) is 10.6 Å². The molecule has 0 aliphatic rings. The molecule has 0 saturated carbocycles. The fourth-order valence-electron chi connectivity index (χ4n) is 1.98. The number of aliphatic imine (C=N–C) groups is 1. The van der Waals surface area contributed by atoms with Crippen molar-refractivity contribution in [3.05, 3.63) is 45.4 Å². The first kappa shape index (κ1) is 14.9. The molecule has 108 valence electrons. The number of aromatic nitrogens is 1. The number of guanidine groups is 1. The fourth-order valence-corrected chi connectivity index (χ4v) is 3.12. The third kappa shape index (κ3) is 3.77. The second-order valence-electron chi connectivity index (χ2n) is 4.57. The third-order valence-corrected chi connectivity index (χ3v) is 4.29. The van der Waals surface area contributed by atoms with E-state index >= 15 is 0 Å². The van der Waals surface area contributed by atoms with Crippen LogP contribution >= 0.6 is 22.9 Å². The van der Waals surface area contributed by atoms with Crippen molar-refractivity contribution in [2.45, 2.75) is 13.1 Å². The monoisotopic (exact) mass is 310 g/mol. The molecule has 2 rings (SSSR count). The van der Waals surface area contributed by atoms with Gasteiger partial charge in [-0.25, -0.2) is 0 Å². The molecule has 0 unspecified atom stereocenters. The molecule has 0 aromatic carbocycles. The summed E-state index contributed by atoms with van der Waals surface area (Å²) in [5, 5.41) is 3.37. The van der Waals surface area contributed by atoms with Crippen molar-refractivity contribution >= 4 is 28.9 Å². The highest BCUT2D eigenvalue weighted by Gasteiger charge is 2.08. The number of rotatable bonds is 4. The molecule has 0 atom stereocenters. The van der Waals surface area contributed by atoms with E-state index in [4.69, 9.17) is 11.6 Å². The Labute approximate surface area is 128 Å². The maximum absolute atomic E-state index is 5.95. The van der Waals surface area contributed by atoms with Crippen LogP contribution in [0.25, 0.3) is 0 Å². The lowest BCUT2D eigenvalue weighted by Gasteiger charge is -2.21. The maximum atomic E-state index is 5.95. The molecule has 0 aliphatic heterocycles. The van der Waals surface area contributed by atoms with E-state index in [-0.39, 0.29) is 0 Å². The van der Waals surface area contributed by atoms with Crippen molar-refractivity contribution in [2.24, 2.45) is 12.0 Å². The lowest BCUT2D eigenvalue weighted by Crippen LogP contribution is -2.38. The summed E-state index contributed by atoms with van der Waals surface area (Å²) in [6.07, 6.45) is 2.04. The number of nitrogens with zero attached hydrogens (tertiary/aromatic N) is 3. The topological polar surface area (TPSA) is 32.6 Å². The highest BCUT2D eigenvalue weighted by atomic mass is 35.5. The van der Waals surface area contributed by atoms with Gasteiger partial charge in [0.25, 0.3) is 0 Å². The summed E-state index contributed by atoms with van der Waals surface area (Å²) < 4.78 is 2.92. The fraction of sp³-hybridized carbons (Fsp3) is 0.357. The largest absolute Gasteiger partial charge is 0.353 e. The minimum absolute atomic E-state index is 0.756. The van der Waals surface area contributed by atoms with Crippen molar-refractivity contribution in [1.82, 2.24) is 14.8 Å². The molecule has 0 amide bonds. The molecule has 0 bridgehead atoms. The van der Waals surface area contributed by atoms with Gasteiger partial charge < -0.3 is 14.8 Å². The molecular weight excluding hydrogens is 292 g/mol. The molecule has 2 aromatic heterocycles. The van der Waals surface area contributed by atoms with Gasteiger partial charge in [0.2, 0.25) is 0 Å². The second kappa shape index (κ2) is 6.81. The van der Waals surface area contributed by atoms with Gasteiger partial charge in [-0.2, -0.15) is 0 Å². The van der Waals surface area contributed by atoms with Crippen LogP contribution in [0.1, 0.15) is 10.6 Å². The Bertz CT molecular complexity index is 588. The van der Waals surface area contributed by atoms with Gasteiger partial charge in [0.1, 0.15) is 0 Å². The number of aryl methyl sites for hydroxylation is 1. The molecular formula is C14H19ClN4S. The lowest BCUT2D eigenvalue weighted by atomic mass is 10.4. The minimum Gasteiger partial charge on any atom is -0.353 e. The number of thiophene rings is 1. The molecule has 20 heavy (non-hydrogen) atoms. The first-order valence-corrected chi connectivity index (χ1v) is 7.56. The van der Waals surface area contributed by atoms with Crippen LogP contribution < -0.4 is 5.32 Å². The van der Waals surface area contributed by atoms with Crippen LogP contribution in [0.4, 0.5) is 0 Å². The Kier molecular flexibility index (Phi) is 5.09. The van der Waals surface area contributed by atoms with Gasteiger partial charge in [0, 0.05) is 37.9 Å². The lowest BCUT2D eigenvalue weighted by molar-refractivity contribution is 0.480. The van der Waals surface area contributed by atoms with Crippen LogP contribution in [-0.2, 0) is 20.1 Å². The Hall–Kier alpha value is -1.46. The van der Waals surface area contributed by atoms with Crippen LogP contribution in [0.5, 0.6) is 0 Å². The van der Waals surface area contributed by atoms with E-state index in [2.05, 4.69) is 25.8 Å². The average molecular weight is 311 g/mol. The van der Waals surface area contributed by atoms with E-state index in [9.17, 15) is 0 Å². The number of hydrogen-bond acceptors (Lipinski definition) is 2. The van der Waals surface area contributed by atoms with Gasteiger partial charge in [-0.15, -0.1) is 11.3 Å². The van der Waals surface area contributed by atoms with E-state index in [1.807, 2.05) is 38.5 Å². The van der Waals surface area contributed by atoms with Crippen molar-refractivity contribution in [1.29, 1.82) is 0 Å². The zero-order valence-electron chi connectivity index (χ0n) is 11.9. The zero-order valence-corrected chi connectivity index (χ0v) is 13.5. The van der Waals surface area contributed by atoms with Crippen LogP contribution in [-0.4, -0.2) is 29.5 Å². The van der Waals surface area contributed by atoms with E-state index in [0.717, 1.165) is 23.4 Å². The smallest absolute Gasteiger partial charge is 0.194 e. The molecule has 0 spiro atoms. The zero-order chi connectivity index (χ0) is 14.5. The van der Waals surface area contributed by atoms with Gasteiger partial charge in [0.05, 0.1) is 17.4 Å². The molecule has 4 nitrogen and oxygen atoms in total. The summed E-state index contributed by atoms with van der Waals surface area (Å²) in [6.45, 7) is 1.55. The van der Waals surface area contributed by atoms with E-state index < -0.39 is 0 Å². The molecule has 0 saturated heterocycles. The van der Waals surface area contributed by atoms with Crippen LogP contribution in [0.15, 0.2) is 35.5 Å². The normalized spacial score (nSPS) is 11.7. The van der Waals surface area contributed by atoms with Crippen molar-refractivity contribution in [2.75, 3.05) is 14.1 Å². The summed E-state index contributed by atoms with van der Waals surface area (Å²) >= 11 is 7.55. The molecule has 0 aliphatic carbocycles. The average Bonchev–Trinajstić information content (AvgIpc) is 3.00. The van der Waals surface area contributed by atoms with Crippen LogP contribution in [0.2, 0.25) is 4.34 Å². The van der Waals surface area contributed by atoms with Gasteiger partial charge in [-0.05, 0) is 24.3 Å². The summed E-state index contributed by atoms with van der Waals surface area (Å²) in [6, 6.07) is 8.11. The number of nitrogens with one attached hydrogen (secondary N) is 1. The number of halogens is 1. The van der Waals surface area contributed by atoms with Gasteiger partial charge in [-0.3, -0.25) is 4.99 Å². The molecule has 1 N–H and O–H groups in total. The number of hydrogen-bond donors (Lipinski definition) is 1. The Balaban J connectivity index is 1.93. The summed E-state index contributed by atoms with van der Waals surface area (Å²) in [5.74, 6) is 0.871. The summed E-state index contributed by atoms with van der Waals surface area (Å²) in [7, 11) is 5.86. The first-order valence-electron chi connectivity index (χ1n) is 6.36. The van der Waals surface area contributed by atoms with Gasteiger partial charge >= 0.3 is 0 Å². The maximum Gasteiger partial charge on any atom is 0.194 e. The van der Waals surface area contributed by atoms with Crippen molar-refractivity contribution < 1.29 is 0 Å². The molecule has 0 fully saturated rings. The molecule has 2 aromatic rings. The molecule has 2 heterocycles. The first-order chi connectivity index (χ1) is 9.60. The summed E-state index contributed by atoms with van der Waals surface area (Å²) in [4.78, 5) is 7.62. The standard InChI is InChI=1S/C14H19ClN4S/c1-16-14(17-9-11-5-4-8-18(11)2)19(3)10-12-6-7-13(15)20-12/h4-8H,9-10H2,1-3H3,(H,16,17). The van der Waals surface area contributed by atoms with E-state index in [1.54, 1.807) is 18.4 Å². The SMILES string of the molecule is CN=C(NCc1cccn1C)N(C)Cc1ccc(Cl)s1. The summed E-state index contributed by atoms with van der Waals surface area (Å²) in [5.41, 5.74) is 1.22. The van der Waals surface area contributed by atoms with Crippen LogP contribution in [0.3, 0.4) is 0 Å². The Morgan fingerprint density at radius 3 is 2.80 bits per heavy atom. The Morgan fingerprint density at radius 2 is 2.25 bits per heavy atom. The third-order valence-electron chi connectivity index (χ3n) is 3.07. The minimum atomic E-state index is 0.756. The predicted molar refractivity (Wildman–Crippen MR) is 86.4 cm³/mol. The van der Waals surface area contributed by atoms with E-state index in [0.29, 0.717) is 0 Å². The predicted octanol–water partition coefficient (Wildman–Crippen LogP) is 2.95. The van der Waals surface area contributed by atoms with Crippen molar-refractivity contribution in [3.8, 4) is 0 Å². The van der Waals surface area contributed by atoms with Crippen molar-refractivity contribution in [3.63, 3.8) is 0 Å². The van der Waals surface area contributed by atoms with Gasteiger partial charge in [-0.1, -0.05) is 11.6 Å². The second-order valence-corrected chi connectivity index (χ2v) is 6.37. The quantitative estimate of drug-likeness (QED) is 0.695.